The van der Waals surface area contributed by atoms with Crippen molar-refractivity contribution in [2.45, 2.75) is 20.0 Å². The van der Waals surface area contributed by atoms with Gasteiger partial charge in [0.25, 0.3) is 0 Å². The van der Waals surface area contributed by atoms with Crippen LogP contribution >= 0.6 is 11.6 Å². The van der Waals surface area contributed by atoms with Crippen LogP contribution in [0.1, 0.15) is 17.0 Å². The van der Waals surface area contributed by atoms with Crippen LogP contribution in [0.4, 0.5) is 0 Å². The Hall–Kier alpha value is -2.10. The Kier molecular flexibility index (Phi) is 4.56. The van der Waals surface area contributed by atoms with Crippen LogP contribution in [0.15, 0.2) is 59.1 Å². The largest absolute Gasteiger partial charge is 0.455 e. The third-order valence-electron chi connectivity index (χ3n) is 3.62. The Bertz CT molecular complexity index is 753. The normalized spacial score (nSPS) is 10.8. The fourth-order valence-corrected chi connectivity index (χ4v) is 2.56. The van der Waals surface area contributed by atoms with Gasteiger partial charge in [-0.15, -0.1) is 0 Å². The highest BCUT2D eigenvalue weighted by Gasteiger charge is 2.10. The molecule has 1 aromatic carbocycles. The van der Waals surface area contributed by atoms with Gasteiger partial charge in [0.1, 0.15) is 18.8 Å². The SMILES string of the molecule is Cc1c(Cl)cccc1-c1ccc(C[NH2+]Cc2ccccn2)o1. The van der Waals surface area contributed by atoms with Crippen LogP contribution in [-0.2, 0) is 13.1 Å². The summed E-state index contributed by atoms with van der Waals surface area (Å²) in [6.07, 6.45) is 1.82. The summed E-state index contributed by atoms with van der Waals surface area (Å²) in [5.74, 6) is 1.81. The Balaban J connectivity index is 1.65. The van der Waals surface area contributed by atoms with Crippen molar-refractivity contribution in [3.63, 3.8) is 0 Å². The average Bonchev–Trinajstić information content (AvgIpc) is 3.00. The van der Waals surface area contributed by atoms with Crippen LogP contribution in [-0.4, -0.2) is 4.98 Å². The van der Waals surface area contributed by atoms with E-state index >= 15 is 0 Å². The highest BCUT2D eigenvalue weighted by molar-refractivity contribution is 6.31. The van der Waals surface area contributed by atoms with Crippen molar-refractivity contribution in [2.75, 3.05) is 0 Å². The smallest absolute Gasteiger partial charge is 0.158 e. The second-order valence-corrected chi connectivity index (χ2v) is 5.60. The summed E-state index contributed by atoms with van der Waals surface area (Å²) in [7, 11) is 0. The molecule has 0 saturated heterocycles. The third kappa shape index (κ3) is 3.38. The summed E-state index contributed by atoms with van der Waals surface area (Å²) in [6, 6.07) is 15.8. The zero-order valence-electron chi connectivity index (χ0n) is 12.4. The van der Waals surface area contributed by atoms with Gasteiger partial charge in [0, 0.05) is 16.8 Å². The number of benzene rings is 1. The fourth-order valence-electron chi connectivity index (χ4n) is 2.39. The summed E-state index contributed by atoms with van der Waals surface area (Å²) < 4.78 is 5.93. The highest BCUT2D eigenvalue weighted by atomic mass is 35.5. The second-order valence-electron chi connectivity index (χ2n) is 5.20. The highest BCUT2D eigenvalue weighted by Crippen LogP contribution is 2.29. The topological polar surface area (TPSA) is 42.6 Å². The van der Waals surface area contributed by atoms with Crippen molar-refractivity contribution >= 4 is 11.6 Å². The molecule has 0 unspecified atom stereocenters. The molecule has 0 atom stereocenters. The molecule has 2 aromatic heterocycles. The third-order valence-corrected chi connectivity index (χ3v) is 4.03. The van der Waals surface area contributed by atoms with Gasteiger partial charge in [-0.2, -0.15) is 0 Å². The first kappa shape index (κ1) is 14.8. The van der Waals surface area contributed by atoms with Crippen molar-refractivity contribution in [3.8, 4) is 11.3 Å². The van der Waals surface area contributed by atoms with E-state index in [2.05, 4.69) is 10.3 Å². The van der Waals surface area contributed by atoms with Gasteiger partial charge in [-0.3, -0.25) is 4.98 Å². The maximum atomic E-state index is 6.17. The number of furan rings is 1. The predicted octanol–water partition coefficient (Wildman–Crippen LogP) is 3.57. The number of nitrogens with two attached hydrogens (primary N) is 1. The molecule has 3 rings (SSSR count). The summed E-state index contributed by atoms with van der Waals surface area (Å²) in [4.78, 5) is 4.31. The minimum absolute atomic E-state index is 0.761. The van der Waals surface area contributed by atoms with E-state index in [0.29, 0.717) is 0 Å². The van der Waals surface area contributed by atoms with Gasteiger partial charge in [0.2, 0.25) is 0 Å². The van der Waals surface area contributed by atoms with Gasteiger partial charge in [-0.05, 0) is 42.8 Å². The average molecular weight is 314 g/mol. The van der Waals surface area contributed by atoms with Gasteiger partial charge in [0.15, 0.2) is 5.76 Å². The number of quaternary nitrogens is 1. The molecule has 0 amide bonds. The van der Waals surface area contributed by atoms with Gasteiger partial charge in [-0.1, -0.05) is 29.8 Å². The molecule has 0 aliphatic rings. The first-order chi connectivity index (χ1) is 10.7. The lowest BCUT2D eigenvalue weighted by molar-refractivity contribution is -0.688. The molecule has 0 spiro atoms. The van der Waals surface area contributed by atoms with Gasteiger partial charge < -0.3 is 9.73 Å². The summed E-state index contributed by atoms with van der Waals surface area (Å²) in [5, 5.41) is 2.94. The van der Waals surface area contributed by atoms with E-state index in [9.17, 15) is 0 Å². The Morgan fingerprint density at radius 2 is 1.95 bits per heavy atom. The van der Waals surface area contributed by atoms with Crippen LogP contribution in [0, 0.1) is 6.92 Å². The summed E-state index contributed by atoms with van der Waals surface area (Å²) in [5.41, 5.74) is 3.16. The lowest BCUT2D eigenvalue weighted by Crippen LogP contribution is -2.80. The van der Waals surface area contributed by atoms with Gasteiger partial charge in [0.05, 0.1) is 5.69 Å². The van der Waals surface area contributed by atoms with Gasteiger partial charge >= 0.3 is 0 Å². The van der Waals surface area contributed by atoms with E-state index in [1.807, 2.05) is 61.7 Å². The number of pyridine rings is 1. The Morgan fingerprint density at radius 3 is 2.77 bits per heavy atom. The first-order valence-corrected chi connectivity index (χ1v) is 7.67. The molecule has 22 heavy (non-hydrogen) atoms. The predicted molar refractivity (Wildman–Crippen MR) is 87.5 cm³/mol. The van der Waals surface area contributed by atoms with E-state index in [1.165, 1.54) is 0 Å². The molecule has 0 bridgehead atoms. The van der Waals surface area contributed by atoms with Crippen molar-refractivity contribution in [2.24, 2.45) is 0 Å². The number of hydrogen-bond donors (Lipinski definition) is 1. The summed E-state index contributed by atoms with van der Waals surface area (Å²) >= 11 is 6.17. The van der Waals surface area contributed by atoms with Crippen LogP contribution in [0.3, 0.4) is 0 Å². The van der Waals surface area contributed by atoms with Crippen LogP contribution < -0.4 is 5.32 Å². The van der Waals surface area contributed by atoms with E-state index < -0.39 is 0 Å². The maximum absolute atomic E-state index is 6.17. The molecule has 2 N–H and O–H groups in total. The molecule has 112 valence electrons. The number of hydrogen-bond acceptors (Lipinski definition) is 2. The number of halogens is 1. The first-order valence-electron chi connectivity index (χ1n) is 7.30. The lowest BCUT2D eigenvalue weighted by Gasteiger charge is -2.04. The van der Waals surface area contributed by atoms with Crippen molar-refractivity contribution in [1.29, 1.82) is 0 Å². The van der Waals surface area contributed by atoms with Crippen molar-refractivity contribution < 1.29 is 9.73 Å². The molecule has 3 nitrogen and oxygen atoms in total. The van der Waals surface area contributed by atoms with Crippen molar-refractivity contribution in [1.82, 2.24) is 4.98 Å². The molecule has 0 radical (unpaired) electrons. The van der Waals surface area contributed by atoms with Crippen LogP contribution in [0.25, 0.3) is 11.3 Å². The molecule has 4 heteroatoms. The molecule has 2 heterocycles. The zero-order chi connectivity index (χ0) is 15.4. The Labute approximate surface area is 135 Å². The zero-order valence-corrected chi connectivity index (χ0v) is 13.2. The molecule has 0 aliphatic carbocycles. The maximum Gasteiger partial charge on any atom is 0.158 e. The molecule has 0 fully saturated rings. The number of rotatable bonds is 5. The monoisotopic (exact) mass is 313 g/mol. The van der Waals surface area contributed by atoms with Crippen molar-refractivity contribution in [3.05, 3.63) is 76.8 Å². The minimum Gasteiger partial charge on any atom is -0.455 e. The van der Waals surface area contributed by atoms with E-state index in [-0.39, 0.29) is 0 Å². The Morgan fingerprint density at radius 1 is 1.05 bits per heavy atom. The fraction of sp³-hybridized carbons (Fsp3) is 0.167. The van der Waals surface area contributed by atoms with E-state index in [4.69, 9.17) is 16.0 Å². The second kappa shape index (κ2) is 6.77. The minimum atomic E-state index is 0.761. The molecular weight excluding hydrogens is 296 g/mol. The van der Waals surface area contributed by atoms with Crippen LogP contribution in [0.2, 0.25) is 5.02 Å². The van der Waals surface area contributed by atoms with Crippen LogP contribution in [0.5, 0.6) is 0 Å². The number of aromatic nitrogens is 1. The molecule has 0 saturated carbocycles. The molecule has 0 aliphatic heterocycles. The standard InChI is InChI=1S/C18H17ClN2O/c1-13-16(6-4-7-17(13)19)18-9-8-15(22-18)12-20-11-14-5-2-3-10-21-14/h2-10,20H,11-12H2,1H3/p+1. The van der Waals surface area contributed by atoms with Gasteiger partial charge in [-0.25, -0.2) is 0 Å². The lowest BCUT2D eigenvalue weighted by atomic mass is 10.1. The van der Waals surface area contributed by atoms with E-state index in [1.54, 1.807) is 0 Å². The van der Waals surface area contributed by atoms with E-state index in [0.717, 1.165) is 46.5 Å². The molecule has 3 aromatic rings. The quantitative estimate of drug-likeness (QED) is 0.782. The summed E-state index contributed by atoms with van der Waals surface area (Å²) in [6.45, 7) is 3.64. The molecular formula is C18H18ClN2O+. The number of nitrogens with zero attached hydrogens (tertiary/aromatic N) is 1.